The third-order valence-electron chi connectivity index (χ3n) is 4.93. The molecule has 0 atom stereocenters. The van der Waals surface area contributed by atoms with E-state index in [1.165, 1.54) is 6.08 Å². The number of halogens is 2. The van der Waals surface area contributed by atoms with Crippen molar-refractivity contribution in [1.29, 1.82) is 5.26 Å². The molecule has 196 valence electrons. The maximum Gasteiger partial charge on any atom is 0.266 e. The number of hydrogen-bond acceptors (Lipinski definition) is 6. The van der Waals surface area contributed by atoms with Crippen molar-refractivity contribution in [2.75, 3.05) is 30.5 Å². The van der Waals surface area contributed by atoms with Crippen LogP contribution in [0, 0.1) is 14.9 Å². The number of benzene rings is 3. The third kappa shape index (κ3) is 8.13. The summed E-state index contributed by atoms with van der Waals surface area (Å²) in [7, 11) is 0. The van der Waals surface area contributed by atoms with Gasteiger partial charge in [-0.25, -0.2) is 0 Å². The molecule has 0 aliphatic heterocycles. The zero-order valence-electron chi connectivity index (χ0n) is 20.7. The summed E-state index contributed by atoms with van der Waals surface area (Å²) in [4.78, 5) is 25.1. The van der Waals surface area contributed by atoms with E-state index >= 15 is 0 Å². The van der Waals surface area contributed by atoms with Crippen LogP contribution in [-0.2, 0) is 9.59 Å². The van der Waals surface area contributed by atoms with Crippen LogP contribution in [0.1, 0.15) is 19.4 Å². The van der Waals surface area contributed by atoms with Crippen molar-refractivity contribution in [1.82, 2.24) is 0 Å². The van der Waals surface area contributed by atoms with Crippen LogP contribution in [0.2, 0.25) is 5.02 Å². The lowest BCUT2D eigenvalue weighted by Crippen LogP contribution is -2.21. The zero-order valence-corrected chi connectivity index (χ0v) is 23.6. The molecular weight excluding hydrogens is 621 g/mol. The molecule has 0 aromatic heterocycles. The fourth-order valence-electron chi connectivity index (χ4n) is 3.28. The lowest BCUT2D eigenvalue weighted by Gasteiger charge is -2.15. The number of rotatable bonds is 11. The molecule has 3 rings (SSSR count). The molecule has 3 aromatic rings. The Balaban J connectivity index is 1.75. The first-order valence-corrected chi connectivity index (χ1v) is 13.1. The van der Waals surface area contributed by atoms with E-state index < -0.39 is 11.8 Å². The largest absolute Gasteiger partial charge is 0.494 e. The number of para-hydroxylation sites is 1. The minimum Gasteiger partial charge on any atom is -0.494 e. The van der Waals surface area contributed by atoms with E-state index in [-0.39, 0.29) is 12.2 Å². The molecule has 10 heteroatoms. The van der Waals surface area contributed by atoms with Gasteiger partial charge in [-0.05, 0) is 96.6 Å². The summed E-state index contributed by atoms with van der Waals surface area (Å²) < 4.78 is 17.5. The minimum absolute atomic E-state index is 0.0927. The molecule has 0 aliphatic rings. The first kappa shape index (κ1) is 28.8. The molecule has 0 aliphatic carbocycles. The van der Waals surface area contributed by atoms with Crippen LogP contribution in [0.25, 0.3) is 6.08 Å². The fraction of sp³-hybridized carbons (Fsp3) is 0.179. The van der Waals surface area contributed by atoms with Crippen molar-refractivity contribution in [3.05, 3.63) is 80.4 Å². The first-order chi connectivity index (χ1) is 18.3. The van der Waals surface area contributed by atoms with Crippen LogP contribution >= 0.6 is 34.2 Å². The molecule has 8 nitrogen and oxygen atoms in total. The van der Waals surface area contributed by atoms with E-state index in [2.05, 4.69) is 10.6 Å². The van der Waals surface area contributed by atoms with Gasteiger partial charge in [0, 0.05) is 5.69 Å². The highest BCUT2D eigenvalue weighted by atomic mass is 127. The van der Waals surface area contributed by atoms with Crippen LogP contribution in [-0.4, -0.2) is 31.6 Å². The number of anilines is 2. The Kier molecular flexibility index (Phi) is 10.8. The Morgan fingerprint density at radius 1 is 1.00 bits per heavy atom. The van der Waals surface area contributed by atoms with Crippen LogP contribution in [0.5, 0.6) is 17.2 Å². The van der Waals surface area contributed by atoms with Gasteiger partial charge in [0.05, 0.1) is 27.5 Å². The number of nitriles is 1. The van der Waals surface area contributed by atoms with E-state index in [9.17, 15) is 14.9 Å². The zero-order chi connectivity index (χ0) is 27.5. The molecule has 38 heavy (non-hydrogen) atoms. The molecule has 0 radical (unpaired) electrons. The van der Waals surface area contributed by atoms with Gasteiger partial charge in [0.1, 0.15) is 17.4 Å². The van der Waals surface area contributed by atoms with E-state index in [0.717, 1.165) is 0 Å². The van der Waals surface area contributed by atoms with Crippen molar-refractivity contribution >= 4 is 63.5 Å². The Morgan fingerprint density at radius 3 is 2.37 bits per heavy atom. The van der Waals surface area contributed by atoms with Gasteiger partial charge in [-0.1, -0.05) is 23.7 Å². The molecule has 0 unspecified atom stereocenters. The summed E-state index contributed by atoms with van der Waals surface area (Å²) in [6.07, 6.45) is 1.46. The molecule has 0 heterocycles. The maximum absolute atomic E-state index is 12.7. The average Bonchev–Trinajstić information content (AvgIpc) is 2.89. The van der Waals surface area contributed by atoms with Gasteiger partial charge in [-0.15, -0.1) is 0 Å². The molecule has 0 spiro atoms. The van der Waals surface area contributed by atoms with Crippen molar-refractivity contribution in [2.24, 2.45) is 0 Å². The molecule has 0 saturated carbocycles. The Hall–Kier alpha value is -3.75. The van der Waals surface area contributed by atoms with E-state index in [1.807, 2.05) is 42.5 Å². The molecule has 0 bridgehead atoms. The molecule has 3 aromatic carbocycles. The average molecular weight is 646 g/mol. The standard InChI is InChI=1S/C28H25ClIN3O5/c1-3-36-21-11-9-20(10-12-21)32-28(35)19(16-31)13-18-14-23(30)27(25(15-18)37-4-2)38-17-26(34)33-24-8-6-5-7-22(24)29/h5-15H,3-4,17H2,1-2H3,(H,32,35)(H,33,34)/b19-13+. The highest BCUT2D eigenvalue weighted by Crippen LogP contribution is 2.35. The topological polar surface area (TPSA) is 110 Å². The van der Waals surface area contributed by atoms with E-state index in [4.69, 9.17) is 25.8 Å². The van der Waals surface area contributed by atoms with Crippen LogP contribution in [0.15, 0.2) is 66.2 Å². The summed E-state index contributed by atoms with van der Waals surface area (Å²) in [5, 5.41) is 15.4. The van der Waals surface area contributed by atoms with Crippen LogP contribution < -0.4 is 24.8 Å². The number of carbonyl (C=O) groups excluding carboxylic acids is 2. The lowest BCUT2D eigenvalue weighted by atomic mass is 10.1. The normalized spacial score (nSPS) is 10.8. The van der Waals surface area contributed by atoms with Gasteiger partial charge in [0.2, 0.25) is 0 Å². The number of nitrogens with one attached hydrogen (secondary N) is 2. The van der Waals surface area contributed by atoms with E-state index in [1.54, 1.807) is 60.7 Å². The molecule has 0 fully saturated rings. The third-order valence-corrected chi connectivity index (χ3v) is 6.06. The fourth-order valence-corrected chi connectivity index (χ4v) is 4.24. The quantitative estimate of drug-likeness (QED) is 0.144. The monoisotopic (exact) mass is 645 g/mol. The van der Waals surface area contributed by atoms with Gasteiger partial charge in [0.25, 0.3) is 11.8 Å². The number of carbonyl (C=O) groups is 2. The van der Waals surface area contributed by atoms with Gasteiger partial charge >= 0.3 is 0 Å². The summed E-state index contributed by atoms with van der Waals surface area (Å²) in [6.45, 7) is 4.30. The smallest absolute Gasteiger partial charge is 0.266 e. The van der Waals surface area contributed by atoms with Crippen molar-refractivity contribution in [2.45, 2.75) is 13.8 Å². The van der Waals surface area contributed by atoms with Gasteiger partial charge in [-0.2, -0.15) is 5.26 Å². The molecule has 2 N–H and O–H groups in total. The highest BCUT2D eigenvalue weighted by Gasteiger charge is 2.16. The Morgan fingerprint density at radius 2 is 1.71 bits per heavy atom. The number of nitrogens with zero attached hydrogens (tertiary/aromatic N) is 1. The SMILES string of the molecule is CCOc1ccc(NC(=O)/C(C#N)=C/c2cc(I)c(OCC(=O)Nc3ccccc3Cl)c(OCC)c2)cc1. The van der Waals surface area contributed by atoms with Crippen molar-refractivity contribution < 1.29 is 23.8 Å². The maximum atomic E-state index is 12.7. The minimum atomic E-state index is -0.554. The number of ether oxygens (including phenoxy) is 3. The highest BCUT2D eigenvalue weighted by molar-refractivity contribution is 14.1. The predicted molar refractivity (Wildman–Crippen MR) is 156 cm³/mol. The molecular formula is C28H25ClIN3O5. The molecule has 0 saturated heterocycles. The summed E-state index contributed by atoms with van der Waals surface area (Å²) in [5.41, 5.74) is 1.48. The summed E-state index contributed by atoms with van der Waals surface area (Å²) in [6, 6.07) is 19.1. The van der Waals surface area contributed by atoms with Gasteiger partial charge in [0.15, 0.2) is 18.1 Å². The lowest BCUT2D eigenvalue weighted by molar-refractivity contribution is -0.118. The number of hydrogen-bond donors (Lipinski definition) is 2. The van der Waals surface area contributed by atoms with Crippen molar-refractivity contribution in [3.8, 4) is 23.3 Å². The summed E-state index contributed by atoms with van der Waals surface area (Å²) >= 11 is 8.14. The molecule has 2 amide bonds. The predicted octanol–water partition coefficient (Wildman–Crippen LogP) is 6.31. The first-order valence-electron chi connectivity index (χ1n) is 11.6. The van der Waals surface area contributed by atoms with Gasteiger partial charge < -0.3 is 24.8 Å². The Bertz CT molecular complexity index is 1370. The Labute approximate surface area is 239 Å². The number of amides is 2. The second kappa shape index (κ2) is 14.3. The van der Waals surface area contributed by atoms with Crippen LogP contribution in [0.3, 0.4) is 0 Å². The summed E-state index contributed by atoms with van der Waals surface area (Å²) in [5.74, 6) is 0.485. The van der Waals surface area contributed by atoms with Crippen LogP contribution in [0.4, 0.5) is 11.4 Å². The van der Waals surface area contributed by atoms with E-state index in [0.29, 0.717) is 56.0 Å². The second-order valence-electron chi connectivity index (χ2n) is 7.66. The van der Waals surface area contributed by atoms with Crippen molar-refractivity contribution in [3.63, 3.8) is 0 Å². The van der Waals surface area contributed by atoms with Gasteiger partial charge in [-0.3, -0.25) is 9.59 Å². The second-order valence-corrected chi connectivity index (χ2v) is 9.23.